The third kappa shape index (κ3) is 5.18. The minimum Gasteiger partial charge on any atom is -0.453 e. The van der Waals surface area contributed by atoms with Gasteiger partial charge >= 0.3 is 0 Å². The van der Waals surface area contributed by atoms with E-state index in [4.69, 9.17) is 10.5 Å². The van der Waals surface area contributed by atoms with Crippen molar-refractivity contribution in [3.8, 4) is 29.0 Å². The van der Waals surface area contributed by atoms with Gasteiger partial charge in [0.2, 0.25) is 0 Å². The van der Waals surface area contributed by atoms with Crippen molar-refractivity contribution in [2.45, 2.75) is 40.7 Å². The Bertz CT molecular complexity index is 1020. The molecule has 0 aliphatic carbocycles. The second-order valence-corrected chi connectivity index (χ2v) is 8.22. The lowest BCUT2D eigenvalue weighted by Gasteiger charge is -2.17. The monoisotopic (exact) mass is 390 g/mol. The number of hydrogen-bond acceptors (Lipinski definition) is 6. The third-order valence-corrected chi connectivity index (χ3v) is 4.25. The summed E-state index contributed by atoms with van der Waals surface area (Å²) in [6.45, 7) is 9.69. The van der Waals surface area contributed by atoms with Crippen molar-refractivity contribution < 1.29 is 4.74 Å². The molecule has 0 aliphatic rings. The van der Waals surface area contributed by atoms with E-state index in [0.29, 0.717) is 35.0 Å². The number of benzene rings is 1. The van der Waals surface area contributed by atoms with E-state index in [1.165, 1.54) is 0 Å². The Hall–Kier alpha value is -3.24. The highest BCUT2D eigenvalue weighted by Gasteiger charge is 2.17. The maximum absolute atomic E-state index is 9.31. The van der Waals surface area contributed by atoms with Crippen LogP contribution in [-0.4, -0.2) is 26.3 Å². The smallest absolute Gasteiger partial charge is 0.168 e. The topological polar surface area (TPSA) is 103 Å². The molecule has 29 heavy (non-hydrogen) atoms. The zero-order chi connectivity index (χ0) is 21.0. The number of aromatic nitrogens is 4. The van der Waals surface area contributed by atoms with Gasteiger partial charge in [0, 0.05) is 18.9 Å². The Morgan fingerprint density at radius 3 is 2.52 bits per heavy atom. The first-order valence-electron chi connectivity index (χ1n) is 9.56. The first kappa shape index (κ1) is 20.5. The molecule has 0 spiro atoms. The molecule has 0 bridgehead atoms. The molecule has 2 heterocycles. The van der Waals surface area contributed by atoms with Crippen LogP contribution in [0.25, 0.3) is 11.4 Å². The molecule has 0 saturated heterocycles. The van der Waals surface area contributed by atoms with Gasteiger partial charge in [-0.05, 0) is 49.1 Å². The third-order valence-electron chi connectivity index (χ3n) is 4.25. The summed E-state index contributed by atoms with van der Waals surface area (Å²) in [5.41, 5.74) is 8.66. The van der Waals surface area contributed by atoms with Gasteiger partial charge in [0.15, 0.2) is 11.6 Å². The second kappa shape index (κ2) is 8.41. The summed E-state index contributed by atoms with van der Waals surface area (Å²) in [7, 11) is 0. The van der Waals surface area contributed by atoms with E-state index in [2.05, 4.69) is 41.9 Å². The average molecular weight is 390 g/mol. The Kier molecular flexibility index (Phi) is 5.95. The summed E-state index contributed by atoms with van der Waals surface area (Å²) in [6, 6.07) is 7.39. The van der Waals surface area contributed by atoms with E-state index < -0.39 is 0 Å². The fraction of sp³-hybridized carbons (Fsp3) is 0.364. The van der Waals surface area contributed by atoms with Crippen molar-refractivity contribution in [1.29, 1.82) is 5.26 Å². The number of rotatable bonds is 6. The first-order valence-corrected chi connectivity index (χ1v) is 9.56. The van der Waals surface area contributed by atoms with Gasteiger partial charge in [-0.3, -0.25) is 4.68 Å². The van der Waals surface area contributed by atoms with E-state index in [0.717, 1.165) is 24.2 Å². The molecule has 0 unspecified atom stereocenters. The van der Waals surface area contributed by atoms with Gasteiger partial charge in [-0.25, -0.2) is 9.97 Å². The van der Waals surface area contributed by atoms with Crippen molar-refractivity contribution >= 4 is 0 Å². The highest BCUT2D eigenvalue weighted by molar-refractivity contribution is 5.66. The fourth-order valence-electron chi connectivity index (χ4n) is 2.94. The van der Waals surface area contributed by atoms with E-state index in [1.54, 1.807) is 30.6 Å². The maximum Gasteiger partial charge on any atom is 0.168 e. The Balaban J connectivity index is 1.95. The van der Waals surface area contributed by atoms with E-state index in [-0.39, 0.29) is 5.41 Å². The van der Waals surface area contributed by atoms with Gasteiger partial charge in [-0.2, -0.15) is 10.4 Å². The van der Waals surface area contributed by atoms with E-state index in [9.17, 15) is 5.26 Å². The zero-order valence-corrected chi connectivity index (χ0v) is 17.3. The van der Waals surface area contributed by atoms with Gasteiger partial charge in [0.1, 0.15) is 11.4 Å². The van der Waals surface area contributed by atoms with Crippen LogP contribution in [0.15, 0.2) is 36.8 Å². The lowest BCUT2D eigenvalue weighted by molar-refractivity contribution is 0.324. The van der Waals surface area contributed by atoms with Crippen LogP contribution >= 0.6 is 0 Å². The first-order chi connectivity index (χ1) is 13.8. The maximum atomic E-state index is 9.31. The predicted molar refractivity (Wildman–Crippen MR) is 111 cm³/mol. The minimum absolute atomic E-state index is 0.0979. The molecule has 0 aliphatic heterocycles. The number of nitrogens with two attached hydrogens (primary N) is 1. The van der Waals surface area contributed by atoms with Gasteiger partial charge in [0.05, 0.1) is 23.4 Å². The van der Waals surface area contributed by atoms with Crippen molar-refractivity contribution in [1.82, 2.24) is 19.7 Å². The number of aryl methyl sites for hydroxylation is 1. The Labute approximate surface area is 171 Å². The van der Waals surface area contributed by atoms with Crippen LogP contribution < -0.4 is 10.5 Å². The quantitative estimate of drug-likeness (QED) is 0.685. The van der Waals surface area contributed by atoms with Crippen LogP contribution in [0.3, 0.4) is 0 Å². The van der Waals surface area contributed by atoms with Crippen LogP contribution in [0.2, 0.25) is 0 Å². The van der Waals surface area contributed by atoms with Crippen LogP contribution in [0.4, 0.5) is 0 Å². The predicted octanol–water partition coefficient (Wildman–Crippen LogP) is 3.86. The highest BCUT2D eigenvalue weighted by atomic mass is 16.5. The molecule has 7 heteroatoms. The van der Waals surface area contributed by atoms with Crippen molar-refractivity contribution in [2.75, 3.05) is 6.54 Å². The van der Waals surface area contributed by atoms with Crippen LogP contribution in [-0.2, 0) is 13.0 Å². The second-order valence-electron chi connectivity index (χ2n) is 8.22. The molecule has 3 rings (SSSR count). The SMILES string of the molecule is Cc1nn(CC(C)(C)C)cc1Oc1cc(C#N)ccc1-c1ncc(CCN)cn1. The molecule has 0 amide bonds. The molecule has 0 saturated carbocycles. The summed E-state index contributed by atoms with van der Waals surface area (Å²) in [6.07, 6.45) is 6.14. The molecule has 2 N–H and O–H groups in total. The summed E-state index contributed by atoms with van der Waals surface area (Å²) < 4.78 is 8.06. The molecular weight excluding hydrogens is 364 g/mol. The normalized spacial score (nSPS) is 11.3. The average Bonchev–Trinajstić information content (AvgIpc) is 2.99. The molecular formula is C22H26N6O. The van der Waals surface area contributed by atoms with Gasteiger partial charge in [-0.15, -0.1) is 0 Å². The minimum atomic E-state index is 0.0979. The molecule has 0 radical (unpaired) electrons. The van der Waals surface area contributed by atoms with Crippen molar-refractivity contribution in [2.24, 2.45) is 11.1 Å². The standard InChI is InChI=1S/C22H26N6O/c1-15-20(13-28(27-15)14-22(2,3)4)29-19-9-16(10-24)5-6-18(19)21-25-11-17(7-8-23)12-26-21/h5-6,9,11-13H,7-8,14,23H2,1-4H3. The fourth-order valence-corrected chi connectivity index (χ4v) is 2.94. The zero-order valence-electron chi connectivity index (χ0n) is 17.3. The van der Waals surface area contributed by atoms with Crippen molar-refractivity contribution in [3.05, 3.63) is 53.6 Å². The summed E-state index contributed by atoms with van der Waals surface area (Å²) in [5.74, 6) is 1.70. The summed E-state index contributed by atoms with van der Waals surface area (Å²) in [4.78, 5) is 8.90. The summed E-state index contributed by atoms with van der Waals surface area (Å²) >= 11 is 0. The molecule has 7 nitrogen and oxygen atoms in total. The number of ether oxygens (including phenoxy) is 1. The molecule has 1 aromatic carbocycles. The van der Waals surface area contributed by atoms with Crippen LogP contribution in [0, 0.1) is 23.7 Å². The number of nitriles is 1. The number of nitrogens with zero attached hydrogens (tertiary/aromatic N) is 5. The van der Waals surface area contributed by atoms with Crippen LogP contribution in [0.5, 0.6) is 11.5 Å². The van der Waals surface area contributed by atoms with Gasteiger partial charge < -0.3 is 10.5 Å². The molecule has 0 atom stereocenters. The van der Waals surface area contributed by atoms with Crippen molar-refractivity contribution in [3.63, 3.8) is 0 Å². The molecule has 150 valence electrons. The lowest BCUT2D eigenvalue weighted by Crippen LogP contribution is -2.15. The Morgan fingerprint density at radius 1 is 1.17 bits per heavy atom. The lowest BCUT2D eigenvalue weighted by atomic mass is 9.97. The molecule has 0 fully saturated rings. The highest BCUT2D eigenvalue weighted by Crippen LogP contribution is 2.34. The summed E-state index contributed by atoms with van der Waals surface area (Å²) in [5, 5.41) is 13.9. The molecule has 3 aromatic rings. The van der Waals surface area contributed by atoms with Crippen LogP contribution in [0.1, 0.15) is 37.6 Å². The van der Waals surface area contributed by atoms with Gasteiger partial charge in [0.25, 0.3) is 0 Å². The largest absolute Gasteiger partial charge is 0.453 e. The molecule has 2 aromatic heterocycles. The Morgan fingerprint density at radius 2 is 1.90 bits per heavy atom. The van der Waals surface area contributed by atoms with Gasteiger partial charge in [-0.1, -0.05) is 20.8 Å². The van der Waals surface area contributed by atoms with E-state index >= 15 is 0 Å². The van der Waals surface area contributed by atoms with E-state index in [1.807, 2.05) is 17.8 Å². The number of hydrogen-bond donors (Lipinski definition) is 1.